The number of aryl methyl sites for hydroxylation is 1. The first-order valence-corrected chi connectivity index (χ1v) is 6.32. The van der Waals surface area contributed by atoms with E-state index in [0.717, 1.165) is 0 Å². The number of hydrogen-bond donors (Lipinski definition) is 2. The number of nitrogen functional groups attached to an aromatic ring is 1. The standard InChI is InChI=1S/C14H15N3O4/c1-3-17(13(18)12-6-8(2)16-21-12)11-5-4-9(14(19)20)7-10(11)15/h4-7H,3,15H2,1-2H3,(H,19,20). The zero-order chi connectivity index (χ0) is 15.6. The molecule has 1 heterocycles. The first kappa shape index (κ1) is 14.6. The minimum atomic E-state index is -1.08. The van der Waals surface area contributed by atoms with Crippen molar-refractivity contribution in [1.29, 1.82) is 0 Å². The number of benzene rings is 1. The third-order valence-corrected chi connectivity index (χ3v) is 2.97. The van der Waals surface area contributed by atoms with Crippen LogP contribution in [0, 0.1) is 6.92 Å². The van der Waals surface area contributed by atoms with Gasteiger partial charge in [-0.25, -0.2) is 4.79 Å². The second kappa shape index (κ2) is 5.66. The molecule has 1 amide bonds. The van der Waals surface area contributed by atoms with Crippen LogP contribution < -0.4 is 10.6 Å². The lowest BCUT2D eigenvalue weighted by Crippen LogP contribution is -2.31. The molecule has 110 valence electrons. The summed E-state index contributed by atoms with van der Waals surface area (Å²) in [5.74, 6) is -1.35. The molecule has 0 aliphatic carbocycles. The fourth-order valence-electron chi connectivity index (χ4n) is 1.95. The topological polar surface area (TPSA) is 110 Å². The van der Waals surface area contributed by atoms with Crippen LogP contribution in [0.5, 0.6) is 0 Å². The summed E-state index contributed by atoms with van der Waals surface area (Å²) in [6.45, 7) is 3.85. The number of aromatic carboxylic acids is 1. The Kier molecular flexibility index (Phi) is 3.93. The molecule has 0 atom stereocenters. The van der Waals surface area contributed by atoms with Crippen LogP contribution >= 0.6 is 0 Å². The summed E-state index contributed by atoms with van der Waals surface area (Å²) in [6.07, 6.45) is 0. The van der Waals surface area contributed by atoms with Crippen molar-refractivity contribution in [2.75, 3.05) is 17.2 Å². The second-order valence-corrected chi connectivity index (χ2v) is 4.46. The van der Waals surface area contributed by atoms with Gasteiger partial charge >= 0.3 is 5.97 Å². The van der Waals surface area contributed by atoms with E-state index in [1.165, 1.54) is 29.2 Å². The molecular formula is C14H15N3O4. The van der Waals surface area contributed by atoms with Crippen molar-refractivity contribution in [3.05, 3.63) is 41.3 Å². The fraction of sp³-hybridized carbons (Fsp3) is 0.214. The summed E-state index contributed by atoms with van der Waals surface area (Å²) in [6, 6.07) is 5.76. The van der Waals surface area contributed by atoms with Gasteiger partial charge in [-0.3, -0.25) is 4.79 Å². The van der Waals surface area contributed by atoms with Crippen LogP contribution in [0.15, 0.2) is 28.8 Å². The Bertz CT molecular complexity index is 693. The van der Waals surface area contributed by atoms with E-state index in [2.05, 4.69) is 5.16 Å². The lowest BCUT2D eigenvalue weighted by Gasteiger charge is -2.21. The highest BCUT2D eigenvalue weighted by atomic mass is 16.5. The van der Waals surface area contributed by atoms with Gasteiger partial charge in [0.2, 0.25) is 5.76 Å². The average Bonchev–Trinajstić information content (AvgIpc) is 2.87. The zero-order valence-corrected chi connectivity index (χ0v) is 11.7. The number of carbonyl (C=O) groups is 2. The Hall–Kier alpha value is -2.83. The number of nitrogens with two attached hydrogens (primary N) is 1. The van der Waals surface area contributed by atoms with E-state index in [1.807, 2.05) is 0 Å². The lowest BCUT2D eigenvalue weighted by atomic mass is 10.1. The highest BCUT2D eigenvalue weighted by Gasteiger charge is 2.22. The maximum atomic E-state index is 12.4. The number of carboxylic acid groups (broad SMARTS) is 1. The molecule has 7 nitrogen and oxygen atoms in total. The number of amides is 1. The van der Waals surface area contributed by atoms with Crippen LogP contribution in [0.4, 0.5) is 11.4 Å². The van der Waals surface area contributed by atoms with E-state index < -0.39 is 5.97 Å². The SMILES string of the molecule is CCN(C(=O)c1cc(C)no1)c1ccc(C(=O)O)cc1N. The van der Waals surface area contributed by atoms with Gasteiger partial charge in [0.25, 0.3) is 5.91 Å². The molecule has 0 bridgehead atoms. The number of nitrogens with zero attached hydrogens (tertiary/aromatic N) is 2. The molecule has 0 saturated carbocycles. The summed E-state index contributed by atoms with van der Waals surface area (Å²) >= 11 is 0. The van der Waals surface area contributed by atoms with Crippen molar-refractivity contribution in [3.8, 4) is 0 Å². The smallest absolute Gasteiger partial charge is 0.335 e. The Morgan fingerprint density at radius 1 is 1.38 bits per heavy atom. The van der Waals surface area contributed by atoms with Gasteiger partial charge in [-0.2, -0.15) is 0 Å². The van der Waals surface area contributed by atoms with E-state index in [1.54, 1.807) is 13.8 Å². The second-order valence-electron chi connectivity index (χ2n) is 4.46. The van der Waals surface area contributed by atoms with Gasteiger partial charge in [0.05, 0.1) is 22.6 Å². The molecule has 0 unspecified atom stereocenters. The van der Waals surface area contributed by atoms with Gasteiger partial charge in [0.15, 0.2) is 0 Å². The van der Waals surface area contributed by atoms with E-state index in [4.69, 9.17) is 15.4 Å². The van der Waals surface area contributed by atoms with E-state index in [-0.39, 0.29) is 22.9 Å². The highest BCUT2D eigenvalue weighted by Crippen LogP contribution is 2.26. The number of anilines is 2. The number of carboxylic acids is 1. The third-order valence-electron chi connectivity index (χ3n) is 2.97. The highest BCUT2D eigenvalue weighted by molar-refractivity contribution is 6.06. The van der Waals surface area contributed by atoms with Crippen molar-refractivity contribution in [1.82, 2.24) is 5.16 Å². The molecule has 21 heavy (non-hydrogen) atoms. The summed E-state index contributed by atoms with van der Waals surface area (Å²) in [5.41, 5.74) is 7.16. The van der Waals surface area contributed by atoms with Crippen molar-refractivity contribution in [3.63, 3.8) is 0 Å². The molecule has 0 radical (unpaired) electrons. The number of carbonyl (C=O) groups excluding carboxylic acids is 1. The Morgan fingerprint density at radius 2 is 2.10 bits per heavy atom. The molecule has 2 aromatic rings. The Balaban J connectivity index is 2.37. The van der Waals surface area contributed by atoms with Crippen LogP contribution in [-0.2, 0) is 0 Å². The summed E-state index contributed by atoms with van der Waals surface area (Å²) < 4.78 is 4.96. The maximum Gasteiger partial charge on any atom is 0.335 e. The molecule has 1 aromatic heterocycles. The fourth-order valence-corrected chi connectivity index (χ4v) is 1.95. The minimum Gasteiger partial charge on any atom is -0.478 e. The van der Waals surface area contributed by atoms with Gasteiger partial charge in [-0.1, -0.05) is 5.16 Å². The van der Waals surface area contributed by atoms with Crippen molar-refractivity contribution in [2.45, 2.75) is 13.8 Å². The Labute approximate surface area is 120 Å². The molecule has 0 fully saturated rings. The summed E-state index contributed by atoms with van der Waals surface area (Å²) in [4.78, 5) is 24.7. The summed E-state index contributed by atoms with van der Waals surface area (Å²) in [7, 11) is 0. The number of aromatic nitrogens is 1. The van der Waals surface area contributed by atoms with Gasteiger partial charge in [-0.15, -0.1) is 0 Å². The van der Waals surface area contributed by atoms with Gasteiger partial charge in [0.1, 0.15) is 0 Å². The minimum absolute atomic E-state index is 0.0651. The molecule has 7 heteroatoms. The van der Waals surface area contributed by atoms with Crippen molar-refractivity contribution in [2.24, 2.45) is 0 Å². The van der Waals surface area contributed by atoms with Gasteiger partial charge in [0, 0.05) is 12.6 Å². The van der Waals surface area contributed by atoms with Crippen LogP contribution in [-0.4, -0.2) is 28.7 Å². The number of hydrogen-bond acceptors (Lipinski definition) is 5. The molecule has 0 saturated heterocycles. The van der Waals surface area contributed by atoms with Gasteiger partial charge in [-0.05, 0) is 32.0 Å². The first-order chi connectivity index (χ1) is 9.93. The molecular weight excluding hydrogens is 274 g/mol. The van der Waals surface area contributed by atoms with Gasteiger partial charge < -0.3 is 20.3 Å². The first-order valence-electron chi connectivity index (χ1n) is 6.32. The molecule has 1 aromatic carbocycles. The normalized spacial score (nSPS) is 10.4. The maximum absolute atomic E-state index is 12.4. The van der Waals surface area contributed by atoms with Crippen LogP contribution in [0.25, 0.3) is 0 Å². The van der Waals surface area contributed by atoms with Crippen LogP contribution in [0.1, 0.15) is 33.5 Å². The molecule has 0 aliphatic heterocycles. The van der Waals surface area contributed by atoms with Crippen LogP contribution in [0.2, 0.25) is 0 Å². The van der Waals surface area contributed by atoms with Crippen LogP contribution in [0.3, 0.4) is 0 Å². The summed E-state index contributed by atoms with van der Waals surface area (Å²) in [5, 5.41) is 12.6. The molecule has 3 N–H and O–H groups in total. The molecule has 0 aliphatic rings. The molecule has 0 spiro atoms. The predicted molar refractivity (Wildman–Crippen MR) is 76.4 cm³/mol. The predicted octanol–water partition coefficient (Wildman–Crippen LogP) is 1.93. The lowest BCUT2D eigenvalue weighted by molar-refractivity contribution is 0.0697. The van der Waals surface area contributed by atoms with E-state index in [0.29, 0.717) is 17.9 Å². The number of rotatable bonds is 4. The van der Waals surface area contributed by atoms with Crippen molar-refractivity contribution < 1.29 is 19.2 Å². The van der Waals surface area contributed by atoms with E-state index in [9.17, 15) is 9.59 Å². The molecule has 2 rings (SSSR count). The Morgan fingerprint density at radius 3 is 2.57 bits per heavy atom. The van der Waals surface area contributed by atoms with Crippen molar-refractivity contribution >= 4 is 23.3 Å². The van der Waals surface area contributed by atoms with E-state index >= 15 is 0 Å². The average molecular weight is 289 g/mol. The zero-order valence-electron chi connectivity index (χ0n) is 11.7. The third kappa shape index (κ3) is 2.86. The largest absolute Gasteiger partial charge is 0.478 e. The monoisotopic (exact) mass is 289 g/mol. The quantitative estimate of drug-likeness (QED) is 0.832.